The number of nitrogens with zero attached hydrogens (tertiary/aromatic N) is 5. The van der Waals surface area contributed by atoms with E-state index in [0.29, 0.717) is 28.3 Å². The average Bonchev–Trinajstić information content (AvgIpc) is 3.46. The molecule has 36 heavy (non-hydrogen) atoms. The van der Waals surface area contributed by atoms with Gasteiger partial charge in [-0.05, 0) is 57.4 Å². The molecule has 0 atom stereocenters. The second-order valence-corrected chi connectivity index (χ2v) is 11.2. The predicted octanol–water partition coefficient (Wildman–Crippen LogP) is 4.53. The molecule has 5 rings (SSSR count). The minimum atomic E-state index is -0.363. The molecular formula is C25H32N6O3S2. The van der Waals surface area contributed by atoms with Gasteiger partial charge in [0.05, 0.1) is 24.9 Å². The number of ether oxygens (including phenoxy) is 1. The van der Waals surface area contributed by atoms with Crippen molar-refractivity contribution in [2.75, 3.05) is 41.4 Å². The van der Waals surface area contributed by atoms with Gasteiger partial charge in [-0.15, -0.1) is 11.3 Å². The Morgan fingerprint density at radius 2 is 2.00 bits per heavy atom. The molecular weight excluding hydrogens is 496 g/mol. The molecule has 0 aromatic carbocycles. The van der Waals surface area contributed by atoms with E-state index in [2.05, 4.69) is 37.6 Å². The van der Waals surface area contributed by atoms with Crippen molar-refractivity contribution in [3.8, 4) is 0 Å². The summed E-state index contributed by atoms with van der Waals surface area (Å²) in [6, 6.07) is 4.25. The summed E-state index contributed by atoms with van der Waals surface area (Å²) in [4.78, 5) is 33.2. The minimum absolute atomic E-state index is 0.255. The molecule has 2 N–H and O–H groups in total. The van der Waals surface area contributed by atoms with Crippen molar-refractivity contribution in [3.63, 3.8) is 0 Å². The summed E-state index contributed by atoms with van der Waals surface area (Å²) >= 11 is 3.01. The molecule has 9 nitrogen and oxygen atoms in total. The van der Waals surface area contributed by atoms with Gasteiger partial charge in [0.15, 0.2) is 5.13 Å². The SMILES string of the molecule is CCOC(=O)c1sc(Nc2nc(N3CCC(O)CC3)c3c(n2)N(Cc2cccs2)CCCC3)nc1C. The Balaban J connectivity index is 1.52. The average molecular weight is 529 g/mol. The third-order valence-corrected chi connectivity index (χ3v) is 8.45. The topological polar surface area (TPSA) is 104 Å². The first kappa shape index (κ1) is 24.9. The van der Waals surface area contributed by atoms with E-state index in [0.717, 1.165) is 69.9 Å². The summed E-state index contributed by atoms with van der Waals surface area (Å²) < 4.78 is 5.17. The van der Waals surface area contributed by atoms with E-state index in [9.17, 15) is 9.90 Å². The number of anilines is 4. The summed E-state index contributed by atoms with van der Waals surface area (Å²) in [5.74, 6) is 2.00. The number of thiophene rings is 1. The molecule has 3 aromatic heterocycles. The van der Waals surface area contributed by atoms with Crippen molar-refractivity contribution in [1.29, 1.82) is 0 Å². The van der Waals surface area contributed by atoms with Gasteiger partial charge in [-0.3, -0.25) is 5.32 Å². The van der Waals surface area contributed by atoms with E-state index in [1.165, 1.54) is 21.8 Å². The van der Waals surface area contributed by atoms with E-state index in [-0.39, 0.29) is 12.1 Å². The van der Waals surface area contributed by atoms with Crippen LogP contribution in [0.2, 0.25) is 0 Å². The number of aromatic nitrogens is 3. The highest BCUT2D eigenvalue weighted by Gasteiger charge is 2.28. The second kappa shape index (κ2) is 11.1. The number of hydrogen-bond acceptors (Lipinski definition) is 11. The van der Waals surface area contributed by atoms with Crippen LogP contribution in [0.1, 0.15) is 58.4 Å². The maximum Gasteiger partial charge on any atom is 0.350 e. The summed E-state index contributed by atoms with van der Waals surface area (Å²) in [6.07, 6.45) is 4.31. The lowest BCUT2D eigenvalue weighted by Gasteiger charge is -2.33. The zero-order valence-electron chi connectivity index (χ0n) is 20.7. The Morgan fingerprint density at radius 3 is 2.75 bits per heavy atom. The number of rotatable bonds is 7. The van der Waals surface area contributed by atoms with Crippen LogP contribution in [0.5, 0.6) is 0 Å². The fraction of sp³-hybridized carbons (Fsp3) is 0.520. The molecule has 5 heterocycles. The van der Waals surface area contributed by atoms with Crippen LogP contribution in [0.25, 0.3) is 0 Å². The number of nitrogens with one attached hydrogen (secondary N) is 1. The Hall–Kier alpha value is -2.76. The largest absolute Gasteiger partial charge is 0.462 e. The van der Waals surface area contributed by atoms with Gasteiger partial charge in [0, 0.05) is 30.1 Å². The molecule has 192 valence electrons. The lowest BCUT2D eigenvalue weighted by molar-refractivity contribution is 0.0531. The van der Waals surface area contributed by atoms with E-state index >= 15 is 0 Å². The first-order valence-corrected chi connectivity index (χ1v) is 14.2. The van der Waals surface area contributed by atoms with E-state index < -0.39 is 0 Å². The number of thiazole rings is 1. The smallest absolute Gasteiger partial charge is 0.350 e. The Labute approximate surface area is 219 Å². The van der Waals surface area contributed by atoms with Crippen LogP contribution in [0.4, 0.5) is 22.7 Å². The van der Waals surface area contributed by atoms with Gasteiger partial charge in [-0.25, -0.2) is 9.78 Å². The number of aliphatic hydroxyl groups excluding tert-OH is 1. The van der Waals surface area contributed by atoms with Gasteiger partial charge < -0.3 is 19.6 Å². The first-order chi connectivity index (χ1) is 17.5. The summed E-state index contributed by atoms with van der Waals surface area (Å²) in [7, 11) is 0. The van der Waals surface area contributed by atoms with E-state index in [1.807, 2.05) is 0 Å². The Morgan fingerprint density at radius 1 is 1.19 bits per heavy atom. The maximum absolute atomic E-state index is 12.3. The van der Waals surface area contributed by atoms with Crippen molar-refractivity contribution >= 4 is 51.4 Å². The second-order valence-electron chi connectivity index (χ2n) is 9.13. The molecule has 0 radical (unpaired) electrons. The van der Waals surface area contributed by atoms with Gasteiger partial charge in [0.2, 0.25) is 5.95 Å². The molecule has 0 unspecified atom stereocenters. The van der Waals surface area contributed by atoms with Gasteiger partial charge in [-0.2, -0.15) is 9.97 Å². The predicted molar refractivity (Wildman–Crippen MR) is 144 cm³/mol. The van der Waals surface area contributed by atoms with Crippen LogP contribution in [-0.2, 0) is 17.7 Å². The summed E-state index contributed by atoms with van der Waals surface area (Å²) in [5.41, 5.74) is 1.80. The molecule has 0 saturated carbocycles. The van der Waals surface area contributed by atoms with Crippen molar-refractivity contribution in [2.45, 2.75) is 58.6 Å². The van der Waals surface area contributed by atoms with Gasteiger partial charge in [0.25, 0.3) is 0 Å². The third-order valence-electron chi connectivity index (χ3n) is 6.53. The fourth-order valence-corrected chi connectivity index (χ4v) is 6.30. The zero-order valence-corrected chi connectivity index (χ0v) is 22.3. The lowest BCUT2D eigenvalue weighted by atomic mass is 10.1. The summed E-state index contributed by atoms with van der Waals surface area (Å²) in [6.45, 7) is 7.18. The molecule has 0 spiro atoms. The highest BCUT2D eigenvalue weighted by Crippen LogP contribution is 2.36. The number of hydrogen-bond donors (Lipinski definition) is 2. The van der Waals surface area contributed by atoms with Gasteiger partial charge >= 0.3 is 5.97 Å². The molecule has 0 bridgehead atoms. The quantitative estimate of drug-likeness (QED) is 0.428. The van der Waals surface area contributed by atoms with Crippen LogP contribution in [0.3, 0.4) is 0 Å². The maximum atomic E-state index is 12.3. The summed E-state index contributed by atoms with van der Waals surface area (Å²) in [5, 5.41) is 16.0. The Kier molecular flexibility index (Phi) is 7.68. The molecule has 1 saturated heterocycles. The Bertz CT molecular complexity index is 1190. The first-order valence-electron chi connectivity index (χ1n) is 12.5. The lowest BCUT2D eigenvalue weighted by Crippen LogP contribution is -2.37. The van der Waals surface area contributed by atoms with Crippen molar-refractivity contribution < 1.29 is 14.6 Å². The van der Waals surface area contributed by atoms with Crippen LogP contribution < -0.4 is 15.1 Å². The number of carbonyl (C=O) groups excluding carboxylic acids is 1. The number of aryl methyl sites for hydroxylation is 1. The van der Waals surface area contributed by atoms with Crippen LogP contribution in [0, 0.1) is 6.92 Å². The molecule has 0 amide bonds. The van der Waals surface area contributed by atoms with Crippen LogP contribution >= 0.6 is 22.7 Å². The number of piperidine rings is 1. The molecule has 1 fully saturated rings. The number of carbonyl (C=O) groups is 1. The van der Waals surface area contributed by atoms with Crippen LogP contribution in [-0.4, -0.2) is 58.4 Å². The molecule has 3 aromatic rings. The molecule has 11 heteroatoms. The normalized spacial score (nSPS) is 16.5. The van der Waals surface area contributed by atoms with Gasteiger partial charge in [-0.1, -0.05) is 17.4 Å². The monoisotopic (exact) mass is 528 g/mol. The van der Waals surface area contributed by atoms with Crippen LogP contribution in [0.15, 0.2) is 17.5 Å². The zero-order chi connectivity index (χ0) is 25.1. The highest BCUT2D eigenvalue weighted by atomic mass is 32.1. The molecule has 0 aliphatic carbocycles. The van der Waals surface area contributed by atoms with E-state index in [1.54, 1.807) is 25.2 Å². The van der Waals surface area contributed by atoms with E-state index in [4.69, 9.17) is 14.7 Å². The molecule has 2 aliphatic heterocycles. The minimum Gasteiger partial charge on any atom is -0.462 e. The number of esters is 1. The third kappa shape index (κ3) is 5.47. The fourth-order valence-electron chi connectivity index (χ4n) is 4.73. The standard InChI is InChI=1S/C25H32N6O3S2/c1-3-34-23(33)20-16(2)26-25(36-20)29-24-27-21(30-12-9-17(32)10-13-30)19-8-4-5-11-31(22(19)28-24)15-18-7-6-14-35-18/h6-7,14,17,32H,3-5,8-13,15H2,1-2H3,(H,26,27,28,29). The number of fused-ring (bicyclic) bond motifs is 1. The number of aliphatic hydroxyl groups is 1. The van der Waals surface area contributed by atoms with Crippen molar-refractivity contribution in [2.24, 2.45) is 0 Å². The van der Waals surface area contributed by atoms with Crippen molar-refractivity contribution in [3.05, 3.63) is 38.5 Å². The highest BCUT2D eigenvalue weighted by molar-refractivity contribution is 7.17. The molecule has 2 aliphatic rings. The van der Waals surface area contributed by atoms with Gasteiger partial charge in [0.1, 0.15) is 16.5 Å². The van der Waals surface area contributed by atoms with Crippen molar-refractivity contribution in [1.82, 2.24) is 15.0 Å².